The van der Waals surface area contributed by atoms with Crippen molar-refractivity contribution in [2.24, 2.45) is 0 Å². The largest absolute Gasteiger partial charge is 0.277 e. The van der Waals surface area contributed by atoms with Crippen LogP contribution in [0, 0.1) is 0 Å². The first kappa shape index (κ1) is 12.1. The lowest BCUT2D eigenvalue weighted by Crippen LogP contribution is -2.22. The minimum absolute atomic E-state index is 0.973. The standard InChI is InChI=1S/C13H21NO/c1-3-4-5-9-12-14(15-2)13-10-7-6-8-11-13/h6-8,10-11H,3-5,9,12H2,1-2H3. The molecule has 0 aromatic heterocycles. The van der Waals surface area contributed by atoms with Gasteiger partial charge in [-0.1, -0.05) is 44.4 Å². The van der Waals surface area contributed by atoms with Crippen molar-refractivity contribution >= 4 is 5.69 Å². The normalized spacial score (nSPS) is 10.3. The molecule has 0 aliphatic carbocycles. The molecule has 0 bridgehead atoms. The molecule has 84 valence electrons. The first-order valence-electron chi connectivity index (χ1n) is 5.75. The molecular weight excluding hydrogens is 186 g/mol. The molecule has 1 aromatic rings. The Morgan fingerprint density at radius 1 is 1.07 bits per heavy atom. The van der Waals surface area contributed by atoms with Gasteiger partial charge >= 0.3 is 0 Å². The van der Waals surface area contributed by atoms with E-state index < -0.39 is 0 Å². The Morgan fingerprint density at radius 3 is 2.40 bits per heavy atom. The zero-order valence-corrected chi connectivity index (χ0v) is 9.78. The molecule has 0 saturated carbocycles. The number of nitrogens with zero attached hydrogens (tertiary/aromatic N) is 1. The highest BCUT2D eigenvalue weighted by Crippen LogP contribution is 2.14. The molecule has 0 amide bonds. The zero-order valence-electron chi connectivity index (χ0n) is 9.78. The summed E-state index contributed by atoms with van der Waals surface area (Å²) in [6, 6.07) is 10.2. The third-order valence-corrected chi connectivity index (χ3v) is 2.48. The Hall–Kier alpha value is -1.02. The Labute approximate surface area is 92.8 Å². The van der Waals surface area contributed by atoms with Gasteiger partial charge in [0, 0.05) is 6.54 Å². The Kier molecular flexibility index (Phi) is 5.86. The van der Waals surface area contributed by atoms with Gasteiger partial charge in [-0.25, -0.2) is 0 Å². The van der Waals surface area contributed by atoms with Crippen molar-refractivity contribution in [2.45, 2.75) is 32.6 Å². The van der Waals surface area contributed by atoms with E-state index >= 15 is 0 Å². The van der Waals surface area contributed by atoms with Crippen LogP contribution in [0.1, 0.15) is 32.6 Å². The summed E-state index contributed by atoms with van der Waals surface area (Å²) in [5.74, 6) is 0. The lowest BCUT2D eigenvalue weighted by Gasteiger charge is -2.21. The average Bonchev–Trinajstić information content (AvgIpc) is 2.30. The smallest absolute Gasteiger partial charge is 0.0639 e. The molecule has 0 aliphatic heterocycles. The molecule has 1 rings (SSSR count). The molecule has 0 atom stereocenters. The van der Waals surface area contributed by atoms with Crippen molar-refractivity contribution < 1.29 is 4.84 Å². The van der Waals surface area contributed by atoms with Gasteiger partial charge in [0.1, 0.15) is 0 Å². The molecule has 0 fully saturated rings. The Bertz CT molecular complexity index is 248. The van der Waals surface area contributed by atoms with Gasteiger partial charge in [0.25, 0.3) is 0 Å². The van der Waals surface area contributed by atoms with E-state index in [9.17, 15) is 0 Å². The number of hydroxylamine groups is 1. The predicted octanol–water partition coefficient (Wildman–Crippen LogP) is 3.63. The van der Waals surface area contributed by atoms with Gasteiger partial charge in [0.05, 0.1) is 12.8 Å². The summed E-state index contributed by atoms with van der Waals surface area (Å²) in [5.41, 5.74) is 1.14. The molecule has 1 aromatic carbocycles. The Balaban J connectivity index is 2.36. The third-order valence-electron chi connectivity index (χ3n) is 2.48. The molecule has 0 heterocycles. The fourth-order valence-corrected chi connectivity index (χ4v) is 1.60. The summed E-state index contributed by atoms with van der Waals surface area (Å²) >= 11 is 0. The van der Waals surface area contributed by atoms with Crippen molar-refractivity contribution in [3.63, 3.8) is 0 Å². The second-order valence-corrected chi connectivity index (χ2v) is 3.68. The number of rotatable bonds is 7. The number of para-hydroxylation sites is 1. The van der Waals surface area contributed by atoms with Crippen molar-refractivity contribution in [3.8, 4) is 0 Å². The fraction of sp³-hybridized carbons (Fsp3) is 0.538. The topological polar surface area (TPSA) is 12.5 Å². The fourth-order valence-electron chi connectivity index (χ4n) is 1.60. The molecule has 2 heteroatoms. The van der Waals surface area contributed by atoms with Crippen LogP contribution in [0.25, 0.3) is 0 Å². The van der Waals surface area contributed by atoms with Gasteiger partial charge in [0.15, 0.2) is 0 Å². The van der Waals surface area contributed by atoms with Crippen LogP contribution in [-0.4, -0.2) is 13.7 Å². The van der Waals surface area contributed by atoms with Crippen molar-refractivity contribution in [3.05, 3.63) is 30.3 Å². The minimum Gasteiger partial charge on any atom is -0.277 e. The van der Waals surface area contributed by atoms with Crippen molar-refractivity contribution in [2.75, 3.05) is 18.7 Å². The molecule has 0 unspecified atom stereocenters. The first-order chi connectivity index (χ1) is 7.38. The summed E-state index contributed by atoms with van der Waals surface area (Å²) in [6.07, 6.45) is 5.06. The molecule has 0 radical (unpaired) electrons. The van der Waals surface area contributed by atoms with Crippen LogP contribution in [0.5, 0.6) is 0 Å². The lowest BCUT2D eigenvalue weighted by atomic mass is 10.2. The summed E-state index contributed by atoms with van der Waals surface area (Å²) in [5, 5.41) is 1.95. The highest BCUT2D eigenvalue weighted by molar-refractivity contribution is 5.43. The maximum atomic E-state index is 5.35. The predicted molar refractivity (Wildman–Crippen MR) is 64.9 cm³/mol. The van der Waals surface area contributed by atoms with Gasteiger partial charge < -0.3 is 0 Å². The van der Waals surface area contributed by atoms with Crippen LogP contribution in [-0.2, 0) is 4.84 Å². The Morgan fingerprint density at radius 2 is 1.80 bits per heavy atom. The van der Waals surface area contributed by atoms with Crippen LogP contribution in [0.4, 0.5) is 5.69 Å². The van der Waals surface area contributed by atoms with E-state index in [-0.39, 0.29) is 0 Å². The number of hydrogen-bond donors (Lipinski definition) is 0. The minimum atomic E-state index is 0.973. The maximum absolute atomic E-state index is 5.35. The number of unbranched alkanes of at least 4 members (excludes halogenated alkanes) is 3. The van der Waals surface area contributed by atoms with E-state index in [4.69, 9.17) is 4.84 Å². The highest BCUT2D eigenvalue weighted by atomic mass is 16.7. The van der Waals surface area contributed by atoms with E-state index in [1.165, 1.54) is 25.7 Å². The molecule has 15 heavy (non-hydrogen) atoms. The maximum Gasteiger partial charge on any atom is 0.0639 e. The lowest BCUT2D eigenvalue weighted by molar-refractivity contribution is 0.165. The van der Waals surface area contributed by atoms with Crippen molar-refractivity contribution in [1.29, 1.82) is 0 Å². The second kappa shape index (κ2) is 7.30. The SMILES string of the molecule is CCCCCCN(OC)c1ccccc1. The van der Waals surface area contributed by atoms with Crippen LogP contribution < -0.4 is 5.06 Å². The molecule has 0 spiro atoms. The molecule has 2 nitrogen and oxygen atoms in total. The van der Waals surface area contributed by atoms with E-state index in [2.05, 4.69) is 19.1 Å². The monoisotopic (exact) mass is 207 g/mol. The van der Waals surface area contributed by atoms with Gasteiger partial charge in [0.2, 0.25) is 0 Å². The van der Waals surface area contributed by atoms with Crippen LogP contribution >= 0.6 is 0 Å². The average molecular weight is 207 g/mol. The van der Waals surface area contributed by atoms with Crippen LogP contribution in [0.2, 0.25) is 0 Å². The summed E-state index contributed by atoms with van der Waals surface area (Å²) in [7, 11) is 1.73. The van der Waals surface area contributed by atoms with Gasteiger partial charge in [-0.05, 0) is 18.6 Å². The van der Waals surface area contributed by atoms with Crippen LogP contribution in [0.3, 0.4) is 0 Å². The highest BCUT2D eigenvalue weighted by Gasteiger charge is 2.03. The summed E-state index contributed by atoms with van der Waals surface area (Å²) < 4.78 is 0. The molecular formula is C13H21NO. The number of hydrogen-bond acceptors (Lipinski definition) is 2. The van der Waals surface area contributed by atoms with Gasteiger partial charge in [-0.3, -0.25) is 9.90 Å². The number of anilines is 1. The first-order valence-corrected chi connectivity index (χ1v) is 5.75. The second-order valence-electron chi connectivity index (χ2n) is 3.68. The number of benzene rings is 1. The van der Waals surface area contributed by atoms with E-state index in [1.54, 1.807) is 7.11 Å². The summed E-state index contributed by atoms with van der Waals surface area (Å²) in [6.45, 7) is 3.20. The van der Waals surface area contributed by atoms with Crippen molar-refractivity contribution in [1.82, 2.24) is 0 Å². The van der Waals surface area contributed by atoms with Crippen LogP contribution in [0.15, 0.2) is 30.3 Å². The van der Waals surface area contributed by atoms with E-state index in [0.29, 0.717) is 0 Å². The van der Waals surface area contributed by atoms with Gasteiger partial charge in [-0.2, -0.15) is 0 Å². The zero-order chi connectivity index (χ0) is 10.9. The third kappa shape index (κ3) is 4.34. The summed E-state index contributed by atoms with van der Waals surface area (Å²) in [4.78, 5) is 5.35. The quantitative estimate of drug-likeness (QED) is 0.500. The van der Waals surface area contributed by atoms with E-state index in [1.807, 2.05) is 23.3 Å². The molecule has 0 aliphatic rings. The van der Waals surface area contributed by atoms with Gasteiger partial charge in [-0.15, -0.1) is 0 Å². The van der Waals surface area contributed by atoms with E-state index in [0.717, 1.165) is 12.2 Å². The molecule has 0 saturated heterocycles. The molecule has 0 N–H and O–H groups in total.